The number of hydroxylamine groups is 2. The van der Waals surface area contributed by atoms with Crippen LogP contribution in [0.3, 0.4) is 0 Å². The maximum Gasteiger partial charge on any atom is 0.249 e. The van der Waals surface area contributed by atoms with Gasteiger partial charge in [-0.05, 0) is 73.6 Å². The first-order valence-electron chi connectivity index (χ1n) is 11.1. The Morgan fingerprint density at radius 3 is 2.58 bits per heavy atom. The lowest BCUT2D eigenvalue weighted by atomic mass is 9.81. The average Bonchev–Trinajstić information content (AvgIpc) is 3.33. The van der Waals surface area contributed by atoms with Crippen LogP contribution in [0.15, 0.2) is 36.4 Å². The molecule has 1 aliphatic heterocycles. The molecule has 0 bridgehead atoms. The summed E-state index contributed by atoms with van der Waals surface area (Å²) in [6, 6.07) is 11.9. The van der Waals surface area contributed by atoms with Crippen molar-refractivity contribution in [2.24, 2.45) is 11.8 Å². The molecule has 0 radical (unpaired) electrons. The van der Waals surface area contributed by atoms with Crippen LogP contribution < -0.4 is 5.32 Å². The lowest BCUT2D eigenvalue weighted by molar-refractivity contribution is -0.183. The molecule has 1 saturated heterocycles. The Kier molecular flexibility index (Phi) is 6.86. The van der Waals surface area contributed by atoms with Gasteiger partial charge in [0.1, 0.15) is 17.7 Å². The summed E-state index contributed by atoms with van der Waals surface area (Å²) < 4.78 is 27.4. The first-order chi connectivity index (χ1) is 16.0. The summed E-state index contributed by atoms with van der Waals surface area (Å²) in [5, 5.41) is 22.7. The molecule has 6 nitrogen and oxygen atoms in total. The number of nitriles is 2. The van der Waals surface area contributed by atoms with E-state index in [0.29, 0.717) is 36.7 Å². The summed E-state index contributed by atoms with van der Waals surface area (Å²) in [7, 11) is 0. The van der Waals surface area contributed by atoms with Crippen molar-refractivity contribution < 1.29 is 18.4 Å². The molecule has 8 heteroatoms. The Bertz CT molecular complexity index is 1120. The molecule has 1 N–H and O–H groups in total. The van der Waals surface area contributed by atoms with E-state index in [1.165, 1.54) is 29.3 Å². The van der Waals surface area contributed by atoms with Gasteiger partial charge < -0.3 is 5.32 Å². The Morgan fingerprint density at radius 1 is 1.06 bits per heavy atom. The van der Waals surface area contributed by atoms with Crippen molar-refractivity contribution in [1.29, 1.82) is 10.5 Å². The van der Waals surface area contributed by atoms with Crippen molar-refractivity contribution in [3.8, 4) is 12.1 Å². The van der Waals surface area contributed by atoms with Gasteiger partial charge in [-0.1, -0.05) is 0 Å². The number of carbonyl (C=O) groups is 1. The van der Waals surface area contributed by atoms with Crippen molar-refractivity contribution in [2.75, 3.05) is 18.5 Å². The lowest BCUT2D eigenvalue weighted by Crippen LogP contribution is -2.37. The number of amides is 1. The molecule has 0 aromatic heterocycles. The predicted molar refractivity (Wildman–Crippen MR) is 116 cm³/mol. The van der Waals surface area contributed by atoms with Gasteiger partial charge in [-0.25, -0.2) is 13.8 Å². The van der Waals surface area contributed by atoms with E-state index in [-0.39, 0.29) is 23.0 Å². The van der Waals surface area contributed by atoms with E-state index in [1.54, 1.807) is 12.1 Å². The van der Waals surface area contributed by atoms with Crippen molar-refractivity contribution in [3.63, 3.8) is 0 Å². The van der Waals surface area contributed by atoms with Crippen LogP contribution in [0.4, 0.5) is 14.5 Å². The van der Waals surface area contributed by atoms with Gasteiger partial charge in [-0.15, -0.1) is 0 Å². The molecule has 2 aromatic carbocycles. The number of hydrogen-bond donors (Lipinski definition) is 1. The van der Waals surface area contributed by atoms with Gasteiger partial charge in [0.05, 0.1) is 29.8 Å². The fraction of sp³-hybridized carbons (Fsp3) is 0.400. The lowest BCUT2D eigenvalue weighted by Gasteiger charge is -2.32. The minimum atomic E-state index is -0.536. The van der Waals surface area contributed by atoms with Crippen molar-refractivity contribution in [1.82, 2.24) is 5.06 Å². The minimum absolute atomic E-state index is 0.00894. The van der Waals surface area contributed by atoms with E-state index in [1.807, 2.05) is 12.1 Å². The van der Waals surface area contributed by atoms with Crippen molar-refractivity contribution >= 4 is 11.6 Å². The second kappa shape index (κ2) is 9.97. The van der Waals surface area contributed by atoms with Crippen LogP contribution in [0.25, 0.3) is 0 Å². The van der Waals surface area contributed by atoms with E-state index in [4.69, 9.17) is 15.4 Å². The van der Waals surface area contributed by atoms with Gasteiger partial charge in [-0.2, -0.15) is 10.5 Å². The molecule has 2 aromatic rings. The number of nitrogens with zero attached hydrogens (tertiary/aromatic N) is 3. The Hall–Kier alpha value is -3.49. The van der Waals surface area contributed by atoms with Gasteiger partial charge in [0.25, 0.3) is 0 Å². The summed E-state index contributed by atoms with van der Waals surface area (Å²) >= 11 is 0. The molecule has 1 heterocycles. The first-order valence-corrected chi connectivity index (χ1v) is 11.1. The highest BCUT2D eigenvalue weighted by Crippen LogP contribution is 2.36. The molecule has 0 spiro atoms. The third-order valence-corrected chi connectivity index (χ3v) is 6.43. The van der Waals surface area contributed by atoms with Gasteiger partial charge in [-0.3, -0.25) is 9.63 Å². The fourth-order valence-corrected chi connectivity index (χ4v) is 4.64. The number of nitrogens with one attached hydrogen (secondary N) is 1. The van der Waals surface area contributed by atoms with E-state index < -0.39 is 17.7 Å². The van der Waals surface area contributed by atoms with Crippen LogP contribution in [0.1, 0.15) is 54.8 Å². The molecule has 1 saturated carbocycles. The summed E-state index contributed by atoms with van der Waals surface area (Å²) in [4.78, 5) is 18.8. The van der Waals surface area contributed by atoms with E-state index >= 15 is 0 Å². The Labute approximate surface area is 191 Å². The quantitative estimate of drug-likeness (QED) is 0.705. The van der Waals surface area contributed by atoms with Gasteiger partial charge in [0.15, 0.2) is 0 Å². The van der Waals surface area contributed by atoms with Crippen LogP contribution in [-0.2, 0) is 9.63 Å². The average molecular weight is 450 g/mol. The molecule has 2 fully saturated rings. The predicted octanol–water partition coefficient (Wildman–Crippen LogP) is 4.83. The van der Waals surface area contributed by atoms with Crippen molar-refractivity contribution in [2.45, 2.75) is 38.1 Å². The molecule has 4 rings (SSSR count). The van der Waals surface area contributed by atoms with Crippen LogP contribution in [-0.4, -0.2) is 24.1 Å². The molecule has 2 aliphatic rings. The number of carbonyl (C=O) groups excluding carboxylic acids is 1. The van der Waals surface area contributed by atoms with Gasteiger partial charge in [0.2, 0.25) is 5.91 Å². The van der Waals surface area contributed by atoms with Crippen molar-refractivity contribution in [3.05, 3.63) is 64.7 Å². The molecular weight excluding hydrogens is 426 g/mol. The van der Waals surface area contributed by atoms with Crippen LogP contribution >= 0.6 is 0 Å². The summed E-state index contributed by atoms with van der Waals surface area (Å²) in [5.41, 5.74) is 1.51. The molecular formula is C25H24F2N4O2. The zero-order valence-corrected chi connectivity index (χ0v) is 18.1. The standard InChI is InChI=1S/C25H24F2N4O2/c26-21-10-17(13-28)9-19(11-21)24-7-8-33-31(24)25(32)18-3-1-16(2-4-18)15-30-22-5-6-23(27)20(12-22)14-29/h5-6,9-12,16,18,24,30H,1-4,7-8,15H2/t16?,18?,24-/m0/s1. The third kappa shape index (κ3) is 5.13. The van der Waals surface area contributed by atoms with Crippen LogP contribution in [0, 0.1) is 46.1 Å². The fourth-order valence-electron chi connectivity index (χ4n) is 4.64. The number of benzene rings is 2. The van der Waals surface area contributed by atoms with Gasteiger partial charge >= 0.3 is 0 Å². The largest absolute Gasteiger partial charge is 0.385 e. The zero-order valence-electron chi connectivity index (χ0n) is 18.1. The third-order valence-electron chi connectivity index (χ3n) is 6.43. The highest BCUT2D eigenvalue weighted by atomic mass is 19.1. The first kappa shape index (κ1) is 22.7. The van der Waals surface area contributed by atoms with Gasteiger partial charge in [0, 0.05) is 24.6 Å². The topological polar surface area (TPSA) is 89.2 Å². The van der Waals surface area contributed by atoms with E-state index in [9.17, 15) is 13.6 Å². The monoisotopic (exact) mass is 450 g/mol. The summed E-state index contributed by atoms with van der Waals surface area (Å²) in [6.07, 6.45) is 3.70. The number of rotatable bonds is 5. The molecule has 170 valence electrons. The number of hydrogen-bond acceptors (Lipinski definition) is 5. The highest BCUT2D eigenvalue weighted by molar-refractivity contribution is 5.78. The van der Waals surface area contributed by atoms with E-state index in [2.05, 4.69) is 5.32 Å². The minimum Gasteiger partial charge on any atom is -0.385 e. The second-order valence-corrected chi connectivity index (χ2v) is 8.59. The summed E-state index contributed by atoms with van der Waals surface area (Å²) in [6.45, 7) is 1.05. The van der Waals surface area contributed by atoms with Crippen LogP contribution in [0.2, 0.25) is 0 Å². The Balaban J connectivity index is 1.33. The molecule has 1 amide bonds. The highest BCUT2D eigenvalue weighted by Gasteiger charge is 2.37. The number of anilines is 1. The summed E-state index contributed by atoms with van der Waals surface area (Å²) in [5.74, 6) is -0.932. The normalized spacial score (nSPS) is 22.4. The molecule has 0 unspecified atom stereocenters. The Morgan fingerprint density at radius 2 is 1.85 bits per heavy atom. The SMILES string of the molecule is N#Cc1cc(F)cc([C@@H]2CCON2C(=O)C2CCC(CNc3ccc(F)c(C#N)c3)CC2)c1. The molecule has 1 aliphatic carbocycles. The number of halogens is 2. The van der Waals surface area contributed by atoms with Crippen LogP contribution in [0.5, 0.6) is 0 Å². The van der Waals surface area contributed by atoms with E-state index in [0.717, 1.165) is 25.7 Å². The molecule has 33 heavy (non-hydrogen) atoms. The zero-order chi connectivity index (χ0) is 23.4. The molecule has 1 atom stereocenters. The maximum atomic E-state index is 13.9. The second-order valence-electron chi connectivity index (χ2n) is 8.59. The smallest absolute Gasteiger partial charge is 0.249 e. The maximum absolute atomic E-state index is 13.9.